The number of nitrogens with one attached hydrogen (secondary N) is 3. The summed E-state index contributed by atoms with van der Waals surface area (Å²) in [6.45, 7) is 3.30. The van der Waals surface area contributed by atoms with Gasteiger partial charge in [0.05, 0.1) is 17.8 Å². The van der Waals surface area contributed by atoms with Crippen molar-refractivity contribution in [2.24, 2.45) is 0 Å². The molecule has 33 heavy (non-hydrogen) atoms. The summed E-state index contributed by atoms with van der Waals surface area (Å²) in [4.78, 5) is 37.4. The second-order valence-electron chi connectivity index (χ2n) is 8.38. The van der Waals surface area contributed by atoms with Crippen LogP contribution in [-0.2, 0) is 9.53 Å². The SMILES string of the molecule is CCOC(=O)CNC(=O)c1cn(C(C)CC=N)c2cc(NC3CCCCC3)c(F)cc2c1=O. The Morgan fingerprint density at radius 3 is 2.70 bits per heavy atom. The van der Waals surface area contributed by atoms with Crippen molar-refractivity contribution in [3.05, 3.63) is 39.9 Å². The van der Waals surface area contributed by atoms with Gasteiger partial charge in [0.2, 0.25) is 5.43 Å². The number of aromatic nitrogens is 1. The molecule has 1 aliphatic carbocycles. The Kier molecular flexibility index (Phi) is 8.19. The molecule has 0 radical (unpaired) electrons. The molecule has 1 aromatic heterocycles. The normalized spacial score (nSPS) is 15.1. The number of rotatable bonds is 9. The van der Waals surface area contributed by atoms with Crippen molar-refractivity contribution < 1.29 is 18.7 Å². The van der Waals surface area contributed by atoms with Crippen LogP contribution in [-0.4, -0.2) is 41.9 Å². The van der Waals surface area contributed by atoms with E-state index in [2.05, 4.69) is 10.6 Å². The quantitative estimate of drug-likeness (QED) is 0.391. The maximum absolute atomic E-state index is 15.0. The highest BCUT2D eigenvalue weighted by molar-refractivity contribution is 5.99. The van der Waals surface area contributed by atoms with Gasteiger partial charge in [-0.15, -0.1) is 0 Å². The zero-order valence-electron chi connectivity index (χ0n) is 19.1. The monoisotopic (exact) mass is 458 g/mol. The summed E-state index contributed by atoms with van der Waals surface area (Å²) < 4.78 is 21.5. The Morgan fingerprint density at radius 2 is 2.03 bits per heavy atom. The summed E-state index contributed by atoms with van der Waals surface area (Å²) in [6.07, 6.45) is 8.34. The van der Waals surface area contributed by atoms with Crippen LogP contribution in [0.4, 0.5) is 10.1 Å². The van der Waals surface area contributed by atoms with Crippen LogP contribution < -0.4 is 16.1 Å². The number of fused-ring (bicyclic) bond motifs is 1. The molecule has 0 spiro atoms. The molecule has 1 heterocycles. The van der Waals surface area contributed by atoms with Crippen LogP contribution >= 0.6 is 0 Å². The van der Waals surface area contributed by atoms with Crippen molar-refractivity contribution in [3.63, 3.8) is 0 Å². The number of carbonyl (C=O) groups excluding carboxylic acids is 2. The van der Waals surface area contributed by atoms with Gasteiger partial charge in [0.15, 0.2) is 0 Å². The highest BCUT2D eigenvalue weighted by Gasteiger charge is 2.21. The minimum Gasteiger partial charge on any atom is -0.465 e. The minimum atomic E-state index is -0.740. The van der Waals surface area contributed by atoms with Gasteiger partial charge in [-0.25, -0.2) is 4.39 Å². The number of nitrogens with zero attached hydrogens (tertiary/aromatic N) is 1. The fourth-order valence-electron chi connectivity index (χ4n) is 4.22. The fraction of sp³-hybridized carbons (Fsp3) is 0.500. The van der Waals surface area contributed by atoms with Gasteiger partial charge in [-0.1, -0.05) is 19.3 Å². The van der Waals surface area contributed by atoms with Gasteiger partial charge in [-0.2, -0.15) is 0 Å². The zero-order chi connectivity index (χ0) is 24.0. The van der Waals surface area contributed by atoms with Gasteiger partial charge in [-0.3, -0.25) is 14.4 Å². The van der Waals surface area contributed by atoms with E-state index in [1.54, 1.807) is 17.6 Å². The smallest absolute Gasteiger partial charge is 0.325 e. The highest BCUT2D eigenvalue weighted by Crippen LogP contribution is 2.28. The Morgan fingerprint density at radius 1 is 1.30 bits per heavy atom. The van der Waals surface area contributed by atoms with Crippen LogP contribution in [0.5, 0.6) is 0 Å². The van der Waals surface area contributed by atoms with Crippen molar-refractivity contribution in [1.29, 1.82) is 5.41 Å². The zero-order valence-corrected chi connectivity index (χ0v) is 19.1. The average molecular weight is 459 g/mol. The van der Waals surface area contributed by atoms with Crippen molar-refractivity contribution in [2.75, 3.05) is 18.5 Å². The number of anilines is 1. The van der Waals surface area contributed by atoms with Crippen LogP contribution in [0.3, 0.4) is 0 Å². The number of benzene rings is 1. The minimum absolute atomic E-state index is 0.0716. The molecule has 178 valence electrons. The Hall–Kier alpha value is -3.23. The first-order valence-electron chi connectivity index (χ1n) is 11.4. The first kappa shape index (κ1) is 24.4. The van der Waals surface area contributed by atoms with Gasteiger partial charge in [0, 0.05) is 30.1 Å². The molecule has 1 amide bonds. The Balaban J connectivity index is 2.03. The predicted molar refractivity (Wildman–Crippen MR) is 126 cm³/mol. The van der Waals surface area contributed by atoms with Gasteiger partial charge >= 0.3 is 5.97 Å². The molecule has 0 aliphatic heterocycles. The van der Waals surface area contributed by atoms with Crippen LogP contribution in [0, 0.1) is 11.2 Å². The Bertz CT molecular complexity index is 1090. The third kappa shape index (κ3) is 5.77. The molecule has 1 fully saturated rings. The largest absolute Gasteiger partial charge is 0.465 e. The van der Waals surface area contributed by atoms with Crippen LogP contribution in [0.1, 0.15) is 68.8 Å². The van der Waals surface area contributed by atoms with E-state index in [1.807, 2.05) is 6.92 Å². The molecule has 1 saturated carbocycles. The molecule has 3 N–H and O–H groups in total. The lowest BCUT2D eigenvalue weighted by molar-refractivity contribution is -0.141. The molecule has 1 unspecified atom stereocenters. The molecule has 8 nitrogen and oxygen atoms in total. The second-order valence-corrected chi connectivity index (χ2v) is 8.38. The van der Waals surface area contributed by atoms with E-state index in [9.17, 15) is 18.8 Å². The van der Waals surface area contributed by atoms with E-state index in [0.717, 1.165) is 25.7 Å². The third-order valence-electron chi connectivity index (χ3n) is 5.96. The van der Waals surface area contributed by atoms with Crippen LogP contribution in [0.15, 0.2) is 23.1 Å². The van der Waals surface area contributed by atoms with Crippen molar-refractivity contribution in [1.82, 2.24) is 9.88 Å². The average Bonchev–Trinajstić information content (AvgIpc) is 2.80. The molecule has 1 aliphatic rings. The number of halogens is 1. The second kappa shape index (κ2) is 11.1. The summed E-state index contributed by atoms with van der Waals surface area (Å²) >= 11 is 0. The number of ether oxygens (including phenoxy) is 1. The van der Waals surface area contributed by atoms with E-state index in [4.69, 9.17) is 10.1 Å². The number of carbonyl (C=O) groups is 2. The van der Waals surface area contributed by atoms with Crippen molar-refractivity contribution in [3.8, 4) is 0 Å². The topological polar surface area (TPSA) is 113 Å². The third-order valence-corrected chi connectivity index (χ3v) is 5.96. The van der Waals surface area contributed by atoms with Crippen molar-refractivity contribution in [2.45, 2.75) is 64.5 Å². The molecule has 0 bridgehead atoms. The molecule has 1 aromatic carbocycles. The van der Waals surface area contributed by atoms with Crippen LogP contribution in [0.25, 0.3) is 10.9 Å². The van der Waals surface area contributed by atoms with E-state index >= 15 is 0 Å². The highest BCUT2D eigenvalue weighted by atomic mass is 19.1. The van der Waals surface area contributed by atoms with Gasteiger partial charge in [0.25, 0.3) is 5.91 Å². The molecular formula is C24H31FN4O4. The summed E-state index contributed by atoms with van der Waals surface area (Å²) in [5.74, 6) is -1.91. The number of esters is 1. The summed E-state index contributed by atoms with van der Waals surface area (Å²) in [6, 6.07) is 2.70. The van der Waals surface area contributed by atoms with Gasteiger partial charge < -0.3 is 25.3 Å². The molecule has 2 aromatic rings. The molecule has 9 heteroatoms. The molecular weight excluding hydrogens is 427 g/mol. The van der Waals surface area contributed by atoms with Gasteiger partial charge in [-0.05, 0) is 45.0 Å². The van der Waals surface area contributed by atoms with E-state index in [-0.39, 0.29) is 36.2 Å². The first-order valence-corrected chi connectivity index (χ1v) is 11.4. The summed E-state index contributed by atoms with van der Waals surface area (Å²) in [5.41, 5.74) is -0.0103. The van der Waals surface area contributed by atoms with E-state index in [1.165, 1.54) is 24.9 Å². The molecule has 1 atom stereocenters. The first-order chi connectivity index (χ1) is 15.8. The lowest BCUT2D eigenvalue weighted by atomic mass is 9.95. The number of pyridine rings is 1. The molecule has 3 rings (SSSR count). The van der Waals surface area contributed by atoms with E-state index < -0.39 is 23.1 Å². The fourth-order valence-corrected chi connectivity index (χ4v) is 4.22. The number of hydrogen-bond acceptors (Lipinski definition) is 6. The number of hydrogen-bond donors (Lipinski definition) is 3. The standard InChI is InChI=1S/C24H31FN4O4/c1-3-33-22(30)13-27-24(32)18-14-29(15(2)9-10-26)21-12-20(19(25)11-17(21)23(18)31)28-16-7-5-4-6-8-16/h10-12,14-16,26,28H,3-9,13H2,1-2H3,(H,27,32). The lowest BCUT2D eigenvalue weighted by Gasteiger charge is -2.25. The summed E-state index contributed by atoms with van der Waals surface area (Å²) in [5, 5.41) is 13.2. The maximum Gasteiger partial charge on any atom is 0.325 e. The lowest BCUT2D eigenvalue weighted by Crippen LogP contribution is -2.34. The maximum atomic E-state index is 15.0. The summed E-state index contributed by atoms with van der Waals surface area (Å²) in [7, 11) is 0. The van der Waals surface area contributed by atoms with Gasteiger partial charge in [0.1, 0.15) is 17.9 Å². The molecule has 0 saturated heterocycles. The predicted octanol–water partition coefficient (Wildman–Crippen LogP) is 3.78. The van der Waals surface area contributed by atoms with Crippen LogP contribution in [0.2, 0.25) is 0 Å². The Labute approximate surface area is 192 Å². The number of amides is 1. The van der Waals surface area contributed by atoms with Crippen molar-refractivity contribution >= 4 is 34.7 Å². The van der Waals surface area contributed by atoms with E-state index in [0.29, 0.717) is 17.6 Å².